The number of hydrogen-bond donors (Lipinski definition) is 1. The lowest BCUT2D eigenvalue weighted by Gasteiger charge is -2.20. The summed E-state index contributed by atoms with van der Waals surface area (Å²) in [4.78, 5) is 30.7. The fourth-order valence-electron chi connectivity index (χ4n) is 3.39. The van der Waals surface area contributed by atoms with Crippen LogP contribution >= 0.6 is 0 Å². The van der Waals surface area contributed by atoms with E-state index in [1.54, 1.807) is 17.0 Å². The van der Waals surface area contributed by atoms with Gasteiger partial charge in [0.25, 0.3) is 5.89 Å². The minimum absolute atomic E-state index is 0.0288. The van der Waals surface area contributed by atoms with Crippen LogP contribution in [0.2, 0.25) is 0 Å². The summed E-state index contributed by atoms with van der Waals surface area (Å²) in [5.41, 5.74) is 2.31. The van der Waals surface area contributed by atoms with Crippen LogP contribution in [0.5, 0.6) is 0 Å². The molecule has 1 unspecified atom stereocenters. The van der Waals surface area contributed by atoms with Gasteiger partial charge in [-0.05, 0) is 38.1 Å². The highest BCUT2D eigenvalue weighted by atomic mass is 16.5. The molecule has 1 aliphatic heterocycles. The Labute approximate surface area is 168 Å². The predicted molar refractivity (Wildman–Crippen MR) is 109 cm³/mol. The molecule has 0 saturated carbocycles. The third kappa shape index (κ3) is 4.03. The van der Waals surface area contributed by atoms with E-state index >= 15 is 0 Å². The first-order valence-corrected chi connectivity index (χ1v) is 9.61. The average molecular weight is 390 g/mol. The molecule has 2 amide bonds. The largest absolute Gasteiger partial charge is 0.339 e. The highest BCUT2D eigenvalue weighted by Gasteiger charge is 2.35. The van der Waals surface area contributed by atoms with Crippen LogP contribution in [-0.4, -0.2) is 39.4 Å². The van der Waals surface area contributed by atoms with E-state index in [1.165, 1.54) is 0 Å². The van der Waals surface area contributed by atoms with Gasteiger partial charge >= 0.3 is 0 Å². The maximum absolute atomic E-state index is 12.5. The number of likely N-dealkylation sites (tertiary alicyclic amines) is 1. The number of nitrogens with zero attached hydrogens (tertiary/aromatic N) is 3. The molecule has 148 valence electrons. The number of anilines is 1. The van der Waals surface area contributed by atoms with E-state index in [9.17, 15) is 9.59 Å². The van der Waals surface area contributed by atoms with E-state index in [0.29, 0.717) is 23.9 Å². The molecule has 0 aliphatic carbocycles. The van der Waals surface area contributed by atoms with Crippen molar-refractivity contribution < 1.29 is 14.1 Å². The lowest BCUT2D eigenvalue weighted by atomic mass is 10.1. The van der Waals surface area contributed by atoms with E-state index in [-0.39, 0.29) is 30.2 Å². The SMILES string of the molecule is CC(C)N1CC(C(=O)Nc2ccc(-c3nc(-c4ccccc4)no3)cc2)CC1=O. The van der Waals surface area contributed by atoms with Crippen molar-refractivity contribution in [3.05, 3.63) is 54.6 Å². The van der Waals surface area contributed by atoms with Crippen molar-refractivity contribution in [2.45, 2.75) is 26.3 Å². The van der Waals surface area contributed by atoms with Crippen LogP contribution in [-0.2, 0) is 9.59 Å². The summed E-state index contributed by atoms with van der Waals surface area (Å²) in [6.07, 6.45) is 0.256. The van der Waals surface area contributed by atoms with E-state index in [0.717, 1.165) is 11.1 Å². The van der Waals surface area contributed by atoms with Crippen molar-refractivity contribution in [3.8, 4) is 22.8 Å². The summed E-state index contributed by atoms with van der Waals surface area (Å²) in [5.74, 6) is 0.503. The Bertz CT molecular complexity index is 1010. The first-order valence-electron chi connectivity index (χ1n) is 9.61. The molecule has 29 heavy (non-hydrogen) atoms. The first-order chi connectivity index (χ1) is 14.0. The molecule has 1 saturated heterocycles. The highest BCUT2D eigenvalue weighted by molar-refractivity contribution is 5.97. The van der Waals surface area contributed by atoms with Crippen LogP contribution in [0, 0.1) is 5.92 Å². The summed E-state index contributed by atoms with van der Waals surface area (Å²) < 4.78 is 5.36. The minimum Gasteiger partial charge on any atom is -0.339 e. The maximum Gasteiger partial charge on any atom is 0.258 e. The van der Waals surface area contributed by atoms with Gasteiger partial charge in [0.1, 0.15) is 0 Å². The smallest absolute Gasteiger partial charge is 0.258 e. The van der Waals surface area contributed by atoms with Crippen molar-refractivity contribution in [1.29, 1.82) is 0 Å². The minimum atomic E-state index is -0.325. The highest BCUT2D eigenvalue weighted by Crippen LogP contribution is 2.25. The zero-order chi connectivity index (χ0) is 20.4. The number of hydrogen-bond acceptors (Lipinski definition) is 5. The third-order valence-corrected chi connectivity index (χ3v) is 5.01. The zero-order valence-corrected chi connectivity index (χ0v) is 16.3. The van der Waals surface area contributed by atoms with Gasteiger partial charge in [0.05, 0.1) is 5.92 Å². The number of amides is 2. The normalized spacial score (nSPS) is 16.4. The molecule has 0 radical (unpaired) electrons. The molecule has 2 aromatic carbocycles. The maximum atomic E-state index is 12.5. The van der Waals surface area contributed by atoms with Crippen molar-refractivity contribution in [1.82, 2.24) is 15.0 Å². The predicted octanol–water partition coefficient (Wildman–Crippen LogP) is 3.60. The summed E-state index contributed by atoms with van der Waals surface area (Å²) in [6, 6.07) is 16.9. The van der Waals surface area contributed by atoms with Crippen molar-refractivity contribution in [2.75, 3.05) is 11.9 Å². The van der Waals surface area contributed by atoms with E-state index in [4.69, 9.17) is 4.52 Å². The Kier molecular flexibility index (Phi) is 5.12. The quantitative estimate of drug-likeness (QED) is 0.719. The molecule has 4 rings (SSSR count). The number of rotatable bonds is 5. The van der Waals surface area contributed by atoms with Gasteiger partial charge in [-0.2, -0.15) is 4.98 Å². The zero-order valence-electron chi connectivity index (χ0n) is 16.3. The van der Waals surface area contributed by atoms with Gasteiger partial charge in [0.15, 0.2) is 0 Å². The topological polar surface area (TPSA) is 88.3 Å². The van der Waals surface area contributed by atoms with Gasteiger partial charge in [0, 0.05) is 35.8 Å². The Balaban J connectivity index is 1.42. The van der Waals surface area contributed by atoms with Gasteiger partial charge in [-0.25, -0.2) is 0 Å². The molecule has 7 nitrogen and oxygen atoms in total. The lowest BCUT2D eigenvalue weighted by molar-refractivity contribution is -0.129. The Morgan fingerprint density at radius 1 is 1.10 bits per heavy atom. The standard InChI is InChI=1S/C22H22N4O3/c1-14(2)26-13-17(12-19(26)27)21(28)23-18-10-8-16(9-11-18)22-24-20(25-29-22)15-6-4-3-5-7-15/h3-11,14,17H,12-13H2,1-2H3,(H,23,28). The molecule has 0 spiro atoms. The molecule has 3 aromatic rings. The lowest BCUT2D eigenvalue weighted by Crippen LogP contribution is -2.33. The Morgan fingerprint density at radius 3 is 2.48 bits per heavy atom. The number of carbonyl (C=O) groups excluding carboxylic acids is 2. The molecule has 1 atom stereocenters. The summed E-state index contributed by atoms with van der Waals surface area (Å²) >= 11 is 0. The molecule has 1 aliphatic rings. The molecule has 1 fully saturated rings. The van der Waals surface area contributed by atoms with Crippen LogP contribution in [0.3, 0.4) is 0 Å². The second-order valence-corrected chi connectivity index (χ2v) is 7.40. The van der Waals surface area contributed by atoms with E-state index < -0.39 is 0 Å². The summed E-state index contributed by atoms with van der Waals surface area (Å²) in [7, 11) is 0. The summed E-state index contributed by atoms with van der Waals surface area (Å²) in [6.45, 7) is 4.37. The average Bonchev–Trinajstić information content (AvgIpc) is 3.36. The van der Waals surface area contributed by atoms with Crippen LogP contribution in [0.4, 0.5) is 5.69 Å². The van der Waals surface area contributed by atoms with Gasteiger partial charge in [0.2, 0.25) is 17.6 Å². The second kappa shape index (κ2) is 7.87. The fourth-order valence-corrected chi connectivity index (χ4v) is 3.39. The number of aromatic nitrogens is 2. The molecule has 7 heteroatoms. The van der Waals surface area contributed by atoms with Gasteiger partial charge in [-0.15, -0.1) is 0 Å². The molecule has 1 N–H and O–H groups in total. The second-order valence-electron chi connectivity index (χ2n) is 7.40. The third-order valence-electron chi connectivity index (χ3n) is 5.01. The molecule has 0 bridgehead atoms. The number of benzene rings is 2. The molecular weight excluding hydrogens is 368 g/mol. The van der Waals surface area contributed by atoms with Crippen LogP contribution < -0.4 is 5.32 Å². The molecule has 2 heterocycles. The van der Waals surface area contributed by atoms with Crippen LogP contribution in [0.1, 0.15) is 20.3 Å². The van der Waals surface area contributed by atoms with Gasteiger partial charge < -0.3 is 14.7 Å². The van der Waals surface area contributed by atoms with Gasteiger partial charge in [-0.3, -0.25) is 9.59 Å². The number of carbonyl (C=O) groups is 2. The Morgan fingerprint density at radius 2 is 1.83 bits per heavy atom. The Hall–Kier alpha value is -3.48. The van der Waals surface area contributed by atoms with Crippen molar-refractivity contribution >= 4 is 17.5 Å². The van der Waals surface area contributed by atoms with Crippen molar-refractivity contribution in [3.63, 3.8) is 0 Å². The summed E-state index contributed by atoms with van der Waals surface area (Å²) in [5, 5.41) is 6.91. The fraction of sp³-hybridized carbons (Fsp3) is 0.273. The number of nitrogens with one attached hydrogen (secondary N) is 1. The monoisotopic (exact) mass is 390 g/mol. The van der Waals surface area contributed by atoms with Crippen molar-refractivity contribution in [2.24, 2.45) is 5.92 Å². The van der Waals surface area contributed by atoms with Gasteiger partial charge in [-0.1, -0.05) is 35.5 Å². The van der Waals surface area contributed by atoms with Crippen LogP contribution in [0.25, 0.3) is 22.8 Å². The molecule has 1 aromatic heterocycles. The van der Waals surface area contributed by atoms with E-state index in [1.807, 2.05) is 56.3 Å². The van der Waals surface area contributed by atoms with Crippen LogP contribution in [0.15, 0.2) is 59.1 Å². The molecular formula is C22H22N4O3. The first kappa shape index (κ1) is 18.9. The van der Waals surface area contributed by atoms with E-state index in [2.05, 4.69) is 15.5 Å².